The Labute approximate surface area is 162 Å². The van der Waals surface area contributed by atoms with Gasteiger partial charge in [-0.25, -0.2) is 14.8 Å². The van der Waals surface area contributed by atoms with Crippen molar-refractivity contribution in [2.45, 2.75) is 39.0 Å². The number of thiazole rings is 1. The van der Waals surface area contributed by atoms with E-state index in [9.17, 15) is 4.79 Å². The van der Waals surface area contributed by atoms with Gasteiger partial charge < -0.3 is 15.0 Å². The van der Waals surface area contributed by atoms with Gasteiger partial charge in [0.25, 0.3) is 0 Å². The topological polar surface area (TPSA) is 99.3 Å². The summed E-state index contributed by atoms with van der Waals surface area (Å²) >= 11 is 1.73. The molecule has 2 aromatic rings. The van der Waals surface area contributed by atoms with Gasteiger partial charge in [0.1, 0.15) is 11.9 Å². The predicted molar refractivity (Wildman–Crippen MR) is 100 cm³/mol. The number of aromatic amines is 1. The monoisotopic (exact) mass is 391 g/mol. The highest BCUT2D eigenvalue weighted by atomic mass is 32.1. The fourth-order valence-electron chi connectivity index (χ4n) is 3.39. The lowest BCUT2D eigenvalue weighted by molar-refractivity contribution is 0.105. The fourth-order valence-corrected chi connectivity index (χ4v) is 4.23. The van der Waals surface area contributed by atoms with Crippen molar-refractivity contribution < 1.29 is 9.53 Å². The van der Waals surface area contributed by atoms with Crippen LogP contribution in [0.1, 0.15) is 40.5 Å². The molecule has 2 amide bonds. The molecule has 2 N–H and O–H groups in total. The van der Waals surface area contributed by atoms with Crippen molar-refractivity contribution in [1.29, 1.82) is 0 Å². The third-order valence-corrected chi connectivity index (χ3v) is 5.78. The second-order valence-electron chi connectivity index (χ2n) is 6.91. The quantitative estimate of drug-likeness (QED) is 0.800. The standard InChI is InChI=1S/C17H25N7O2S/c1-12-18-9-13(27-12)11-23-4-6-24(7-5-23)17(25)19-10-15-20-16(22-21-15)14-3-2-8-26-14/h9,14H,2-8,10-11H2,1H3,(H,19,25)(H,20,21,22). The summed E-state index contributed by atoms with van der Waals surface area (Å²) in [5.41, 5.74) is 0. The van der Waals surface area contributed by atoms with E-state index in [1.54, 1.807) is 11.3 Å². The summed E-state index contributed by atoms with van der Waals surface area (Å²) in [5, 5.41) is 11.1. The lowest BCUT2D eigenvalue weighted by atomic mass is 10.2. The molecule has 2 aliphatic heterocycles. The first kappa shape index (κ1) is 18.3. The molecule has 9 nitrogen and oxygen atoms in total. The number of hydrogen-bond acceptors (Lipinski definition) is 7. The molecular formula is C17H25N7O2S. The zero-order valence-electron chi connectivity index (χ0n) is 15.5. The minimum Gasteiger partial charge on any atom is -0.370 e. The lowest BCUT2D eigenvalue weighted by Gasteiger charge is -2.34. The van der Waals surface area contributed by atoms with Crippen molar-refractivity contribution >= 4 is 17.4 Å². The molecule has 2 aliphatic rings. The van der Waals surface area contributed by atoms with E-state index in [0.29, 0.717) is 18.2 Å². The fraction of sp³-hybridized carbons (Fsp3) is 0.647. The third kappa shape index (κ3) is 4.63. The minimum atomic E-state index is -0.0571. The number of H-pyrrole nitrogens is 1. The van der Waals surface area contributed by atoms with Crippen LogP contribution in [0.25, 0.3) is 0 Å². The van der Waals surface area contributed by atoms with Crippen LogP contribution >= 0.6 is 11.3 Å². The van der Waals surface area contributed by atoms with Gasteiger partial charge in [-0.1, -0.05) is 0 Å². The van der Waals surface area contributed by atoms with Gasteiger partial charge in [-0.15, -0.1) is 11.3 Å². The maximum absolute atomic E-state index is 12.4. The van der Waals surface area contributed by atoms with Crippen LogP contribution < -0.4 is 5.32 Å². The van der Waals surface area contributed by atoms with Gasteiger partial charge >= 0.3 is 6.03 Å². The van der Waals surface area contributed by atoms with Gasteiger partial charge in [0.05, 0.1) is 11.6 Å². The summed E-state index contributed by atoms with van der Waals surface area (Å²) < 4.78 is 5.58. The van der Waals surface area contributed by atoms with Crippen LogP contribution in [0, 0.1) is 6.92 Å². The van der Waals surface area contributed by atoms with E-state index in [2.05, 4.69) is 30.4 Å². The Kier molecular flexibility index (Phi) is 5.65. The Hall–Kier alpha value is -2.04. The molecule has 0 aromatic carbocycles. The zero-order valence-corrected chi connectivity index (χ0v) is 16.3. The maximum Gasteiger partial charge on any atom is 0.317 e. The summed E-state index contributed by atoms with van der Waals surface area (Å²) in [4.78, 5) is 26.6. The molecule has 0 spiro atoms. The molecule has 2 saturated heterocycles. The first-order valence-corrected chi connectivity index (χ1v) is 10.2. The molecule has 4 rings (SSSR count). The third-order valence-electron chi connectivity index (χ3n) is 4.88. The Balaban J connectivity index is 1.20. The summed E-state index contributed by atoms with van der Waals surface area (Å²) in [7, 11) is 0. The van der Waals surface area contributed by atoms with Crippen molar-refractivity contribution in [1.82, 2.24) is 35.3 Å². The average molecular weight is 392 g/mol. The van der Waals surface area contributed by atoms with Crippen LogP contribution in [-0.2, 0) is 17.8 Å². The van der Waals surface area contributed by atoms with E-state index in [0.717, 1.165) is 57.2 Å². The average Bonchev–Trinajstić information content (AvgIpc) is 3.42. The number of aromatic nitrogens is 4. The van der Waals surface area contributed by atoms with Crippen LogP contribution in [0.2, 0.25) is 0 Å². The van der Waals surface area contributed by atoms with E-state index in [1.165, 1.54) is 4.88 Å². The van der Waals surface area contributed by atoms with E-state index in [4.69, 9.17) is 4.74 Å². The van der Waals surface area contributed by atoms with Crippen molar-refractivity contribution in [3.05, 3.63) is 27.7 Å². The molecule has 0 radical (unpaired) electrons. The number of aryl methyl sites for hydroxylation is 1. The van der Waals surface area contributed by atoms with Gasteiger partial charge in [-0.3, -0.25) is 10.00 Å². The maximum atomic E-state index is 12.4. The van der Waals surface area contributed by atoms with Gasteiger partial charge in [-0.2, -0.15) is 5.10 Å². The van der Waals surface area contributed by atoms with Gasteiger partial charge in [0, 0.05) is 50.4 Å². The SMILES string of the molecule is Cc1ncc(CN2CCN(C(=O)NCc3nc(C4CCCO4)n[nH]3)CC2)s1. The summed E-state index contributed by atoms with van der Waals surface area (Å²) in [6.45, 7) is 7.23. The molecule has 146 valence electrons. The minimum absolute atomic E-state index is 0.0129. The number of hydrogen-bond donors (Lipinski definition) is 2. The molecule has 1 unspecified atom stereocenters. The number of nitrogens with zero attached hydrogens (tertiary/aromatic N) is 5. The highest BCUT2D eigenvalue weighted by molar-refractivity contribution is 7.11. The van der Waals surface area contributed by atoms with Crippen LogP contribution in [0.15, 0.2) is 6.20 Å². The van der Waals surface area contributed by atoms with E-state index >= 15 is 0 Å². The molecule has 2 aromatic heterocycles. The number of nitrogens with one attached hydrogen (secondary N) is 2. The van der Waals surface area contributed by atoms with Gasteiger partial charge in [0.2, 0.25) is 0 Å². The number of piperazine rings is 1. The Morgan fingerprint density at radius 1 is 1.41 bits per heavy atom. The van der Waals surface area contributed by atoms with Gasteiger partial charge in [0.15, 0.2) is 5.82 Å². The normalized spacial score (nSPS) is 20.9. The Bertz CT molecular complexity index is 763. The zero-order chi connectivity index (χ0) is 18.6. The summed E-state index contributed by atoms with van der Waals surface area (Å²) in [5.74, 6) is 1.34. The molecule has 10 heteroatoms. The largest absolute Gasteiger partial charge is 0.370 e. The highest BCUT2D eigenvalue weighted by Crippen LogP contribution is 2.25. The van der Waals surface area contributed by atoms with E-state index in [1.807, 2.05) is 18.0 Å². The van der Waals surface area contributed by atoms with Crippen LogP contribution in [-0.4, -0.2) is 68.8 Å². The molecule has 1 atom stereocenters. The number of rotatable bonds is 5. The number of carbonyl (C=O) groups is 1. The van der Waals surface area contributed by atoms with Crippen LogP contribution in [0.5, 0.6) is 0 Å². The van der Waals surface area contributed by atoms with E-state index < -0.39 is 0 Å². The van der Waals surface area contributed by atoms with E-state index in [-0.39, 0.29) is 12.1 Å². The molecule has 4 heterocycles. The summed E-state index contributed by atoms with van der Waals surface area (Å²) in [6, 6.07) is -0.0571. The highest BCUT2D eigenvalue weighted by Gasteiger charge is 2.23. The predicted octanol–water partition coefficient (Wildman–Crippen LogP) is 1.45. The van der Waals surface area contributed by atoms with Crippen LogP contribution in [0.4, 0.5) is 4.79 Å². The van der Waals surface area contributed by atoms with Crippen molar-refractivity contribution in [3.8, 4) is 0 Å². The smallest absolute Gasteiger partial charge is 0.317 e. The first-order chi connectivity index (χ1) is 13.2. The van der Waals surface area contributed by atoms with Gasteiger partial charge in [-0.05, 0) is 19.8 Å². The van der Waals surface area contributed by atoms with Crippen molar-refractivity contribution in [3.63, 3.8) is 0 Å². The molecular weight excluding hydrogens is 366 g/mol. The second-order valence-corrected chi connectivity index (χ2v) is 8.23. The Morgan fingerprint density at radius 2 is 2.26 bits per heavy atom. The number of carbonyl (C=O) groups excluding carboxylic acids is 1. The molecule has 0 aliphatic carbocycles. The molecule has 2 fully saturated rings. The molecule has 0 saturated carbocycles. The van der Waals surface area contributed by atoms with Crippen LogP contribution in [0.3, 0.4) is 0 Å². The number of urea groups is 1. The number of ether oxygens (including phenoxy) is 1. The summed E-state index contributed by atoms with van der Waals surface area (Å²) in [6.07, 6.45) is 3.93. The van der Waals surface area contributed by atoms with Crippen molar-refractivity contribution in [2.75, 3.05) is 32.8 Å². The molecule has 27 heavy (non-hydrogen) atoms. The Morgan fingerprint density at radius 3 is 2.96 bits per heavy atom. The lowest BCUT2D eigenvalue weighted by Crippen LogP contribution is -2.51. The molecule has 0 bridgehead atoms. The van der Waals surface area contributed by atoms with Crippen molar-refractivity contribution in [2.24, 2.45) is 0 Å². The number of amides is 2. The first-order valence-electron chi connectivity index (χ1n) is 9.36. The second kappa shape index (κ2) is 8.32.